The molecule has 144 valence electrons. The summed E-state index contributed by atoms with van der Waals surface area (Å²) in [5.41, 5.74) is 1.42. The smallest absolute Gasteiger partial charge is 0.251 e. The zero-order valence-electron chi connectivity index (χ0n) is 15.6. The topological polar surface area (TPSA) is 84.0 Å². The van der Waals surface area contributed by atoms with Gasteiger partial charge >= 0.3 is 0 Å². The van der Waals surface area contributed by atoms with Crippen LogP contribution in [-0.2, 0) is 11.2 Å². The summed E-state index contributed by atoms with van der Waals surface area (Å²) >= 11 is 1.38. The van der Waals surface area contributed by atoms with Gasteiger partial charge in [0.1, 0.15) is 5.01 Å². The first kappa shape index (κ1) is 19.7. The predicted octanol–water partition coefficient (Wildman–Crippen LogP) is 3.99. The molecule has 0 radical (unpaired) electrons. The Hall–Kier alpha value is -3.06. The van der Waals surface area contributed by atoms with Crippen LogP contribution in [0.2, 0.25) is 0 Å². The Labute approximate surface area is 168 Å². The monoisotopic (exact) mass is 394 g/mol. The van der Waals surface area contributed by atoms with E-state index in [9.17, 15) is 9.59 Å². The maximum absolute atomic E-state index is 12.6. The van der Waals surface area contributed by atoms with Crippen molar-refractivity contribution in [2.24, 2.45) is 0 Å². The maximum Gasteiger partial charge on any atom is 0.251 e. The predicted molar refractivity (Wildman–Crippen MR) is 110 cm³/mol. The maximum atomic E-state index is 12.6. The van der Waals surface area contributed by atoms with Crippen molar-refractivity contribution in [2.45, 2.75) is 32.2 Å². The van der Waals surface area contributed by atoms with E-state index in [1.54, 1.807) is 12.1 Å². The third kappa shape index (κ3) is 5.47. The van der Waals surface area contributed by atoms with Crippen LogP contribution >= 0.6 is 11.3 Å². The average molecular weight is 395 g/mol. The van der Waals surface area contributed by atoms with Gasteiger partial charge in [0.15, 0.2) is 0 Å². The van der Waals surface area contributed by atoms with Gasteiger partial charge in [-0.25, -0.2) is 0 Å². The fourth-order valence-electron chi connectivity index (χ4n) is 2.74. The molecular formula is C21H22N4O2S. The number of hydrogen-bond donors (Lipinski definition) is 2. The number of aromatic nitrogens is 2. The quantitative estimate of drug-likeness (QED) is 0.605. The van der Waals surface area contributed by atoms with E-state index in [-0.39, 0.29) is 18.2 Å². The molecule has 0 saturated heterocycles. The summed E-state index contributed by atoms with van der Waals surface area (Å²) in [4.78, 5) is 25.1. The van der Waals surface area contributed by atoms with E-state index in [0.29, 0.717) is 10.7 Å². The zero-order chi connectivity index (χ0) is 19.8. The Morgan fingerprint density at radius 2 is 1.68 bits per heavy atom. The van der Waals surface area contributed by atoms with Gasteiger partial charge in [-0.2, -0.15) is 0 Å². The molecule has 28 heavy (non-hydrogen) atoms. The lowest BCUT2D eigenvalue weighted by Gasteiger charge is -2.18. The lowest BCUT2D eigenvalue weighted by molar-refractivity contribution is -0.116. The highest BCUT2D eigenvalue weighted by molar-refractivity contribution is 7.15. The van der Waals surface area contributed by atoms with E-state index in [4.69, 9.17) is 0 Å². The Bertz CT molecular complexity index is 912. The Morgan fingerprint density at radius 1 is 1.00 bits per heavy atom. The number of rotatable bonds is 8. The minimum atomic E-state index is -0.447. The highest BCUT2D eigenvalue weighted by atomic mass is 32.1. The van der Waals surface area contributed by atoms with Crippen LogP contribution in [0.25, 0.3) is 0 Å². The van der Waals surface area contributed by atoms with Crippen LogP contribution in [0.3, 0.4) is 0 Å². The Kier molecular flexibility index (Phi) is 6.86. The summed E-state index contributed by atoms with van der Waals surface area (Å²) in [6.45, 7) is 2.07. The molecule has 2 aromatic carbocycles. The Morgan fingerprint density at radius 3 is 2.36 bits per heavy atom. The normalized spacial score (nSPS) is 11.6. The highest BCUT2D eigenvalue weighted by Crippen LogP contribution is 2.21. The third-order valence-electron chi connectivity index (χ3n) is 4.11. The van der Waals surface area contributed by atoms with E-state index in [1.165, 1.54) is 11.3 Å². The molecule has 3 rings (SSSR count). The summed E-state index contributed by atoms with van der Waals surface area (Å²) in [6, 6.07) is 18.0. The molecule has 0 unspecified atom stereocenters. The van der Waals surface area contributed by atoms with Crippen LogP contribution in [-0.4, -0.2) is 22.0 Å². The van der Waals surface area contributed by atoms with Gasteiger partial charge in [-0.05, 0) is 24.1 Å². The highest BCUT2D eigenvalue weighted by Gasteiger charge is 2.20. The molecule has 2 N–H and O–H groups in total. The first-order valence-corrected chi connectivity index (χ1v) is 10.0. The number of hydrogen-bond acceptors (Lipinski definition) is 5. The summed E-state index contributed by atoms with van der Waals surface area (Å²) < 4.78 is 0. The first-order chi connectivity index (χ1) is 13.7. The molecular weight excluding hydrogens is 372 g/mol. The van der Waals surface area contributed by atoms with Crippen molar-refractivity contribution in [1.29, 1.82) is 0 Å². The van der Waals surface area contributed by atoms with E-state index in [1.807, 2.05) is 48.5 Å². The van der Waals surface area contributed by atoms with Crippen molar-refractivity contribution in [2.75, 3.05) is 5.32 Å². The van der Waals surface area contributed by atoms with Crippen LogP contribution in [0.4, 0.5) is 5.13 Å². The van der Waals surface area contributed by atoms with Crippen molar-refractivity contribution in [3.05, 3.63) is 76.8 Å². The van der Waals surface area contributed by atoms with Crippen LogP contribution < -0.4 is 10.6 Å². The number of amides is 2. The molecule has 2 amide bonds. The summed E-state index contributed by atoms with van der Waals surface area (Å²) in [6.07, 6.45) is 1.92. The van der Waals surface area contributed by atoms with Crippen molar-refractivity contribution in [1.82, 2.24) is 15.5 Å². The molecule has 0 spiro atoms. The van der Waals surface area contributed by atoms with Crippen molar-refractivity contribution in [3.8, 4) is 0 Å². The summed E-state index contributed by atoms with van der Waals surface area (Å²) in [5, 5.41) is 15.2. The average Bonchev–Trinajstić information content (AvgIpc) is 3.16. The molecule has 1 heterocycles. The summed E-state index contributed by atoms with van der Waals surface area (Å²) in [5.74, 6) is -0.440. The van der Waals surface area contributed by atoms with Gasteiger partial charge in [0.05, 0.1) is 12.5 Å². The zero-order valence-corrected chi connectivity index (χ0v) is 16.4. The molecule has 0 saturated carbocycles. The minimum absolute atomic E-state index is 0.102. The largest absolute Gasteiger partial charge is 0.345 e. The van der Waals surface area contributed by atoms with Crippen molar-refractivity contribution >= 4 is 28.3 Å². The van der Waals surface area contributed by atoms with Crippen LogP contribution in [0.1, 0.15) is 46.7 Å². The van der Waals surface area contributed by atoms with Gasteiger partial charge in [-0.15, -0.1) is 10.2 Å². The number of benzene rings is 2. The van der Waals surface area contributed by atoms with Gasteiger partial charge in [0.2, 0.25) is 11.0 Å². The SMILES string of the molecule is CCCc1nnc(NC(=O)C[C@H](NC(=O)c2ccccc2)c2ccccc2)s1. The second-order valence-electron chi connectivity index (χ2n) is 6.31. The number of carbonyl (C=O) groups is 2. The Balaban J connectivity index is 1.70. The second-order valence-corrected chi connectivity index (χ2v) is 7.37. The molecule has 0 aliphatic heterocycles. The molecule has 0 bridgehead atoms. The lowest BCUT2D eigenvalue weighted by atomic mass is 10.0. The number of aryl methyl sites for hydroxylation is 1. The van der Waals surface area contributed by atoms with Gasteiger partial charge < -0.3 is 10.6 Å². The van der Waals surface area contributed by atoms with Gasteiger partial charge in [-0.3, -0.25) is 9.59 Å². The van der Waals surface area contributed by atoms with E-state index < -0.39 is 6.04 Å². The third-order valence-corrected chi connectivity index (χ3v) is 5.01. The number of anilines is 1. The van der Waals surface area contributed by atoms with Gasteiger partial charge in [0, 0.05) is 12.0 Å². The molecule has 0 fully saturated rings. The summed E-state index contributed by atoms with van der Waals surface area (Å²) in [7, 11) is 0. The van der Waals surface area contributed by atoms with Crippen LogP contribution in [0.15, 0.2) is 60.7 Å². The molecule has 0 aliphatic carbocycles. The van der Waals surface area contributed by atoms with Crippen molar-refractivity contribution < 1.29 is 9.59 Å². The van der Waals surface area contributed by atoms with Crippen LogP contribution in [0.5, 0.6) is 0 Å². The molecule has 1 atom stereocenters. The van der Waals surface area contributed by atoms with Crippen LogP contribution in [0, 0.1) is 0 Å². The molecule has 3 aromatic rings. The van der Waals surface area contributed by atoms with E-state index in [0.717, 1.165) is 23.4 Å². The number of carbonyl (C=O) groups excluding carboxylic acids is 2. The molecule has 1 aromatic heterocycles. The minimum Gasteiger partial charge on any atom is -0.345 e. The fourth-order valence-corrected chi connectivity index (χ4v) is 3.60. The molecule has 6 nitrogen and oxygen atoms in total. The lowest BCUT2D eigenvalue weighted by Crippen LogP contribution is -2.31. The standard InChI is InChI=1S/C21H22N4O2S/c1-2-9-19-24-25-21(28-19)23-18(26)14-17(15-10-5-3-6-11-15)22-20(27)16-12-7-4-8-13-16/h3-8,10-13,17H,2,9,14H2,1H3,(H,22,27)(H,23,25,26)/t17-/m0/s1. The van der Waals surface area contributed by atoms with Gasteiger partial charge in [0.25, 0.3) is 5.91 Å². The van der Waals surface area contributed by atoms with E-state index in [2.05, 4.69) is 27.8 Å². The fraction of sp³-hybridized carbons (Fsp3) is 0.238. The first-order valence-electron chi connectivity index (χ1n) is 9.18. The molecule has 0 aliphatic rings. The molecule has 7 heteroatoms. The van der Waals surface area contributed by atoms with E-state index >= 15 is 0 Å². The van der Waals surface area contributed by atoms with Crippen molar-refractivity contribution in [3.63, 3.8) is 0 Å². The number of nitrogens with zero attached hydrogens (tertiary/aromatic N) is 2. The van der Waals surface area contributed by atoms with Gasteiger partial charge in [-0.1, -0.05) is 66.8 Å². The second kappa shape index (κ2) is 9.75. The number of nitrogens with one attached hydrogen (secondary N) is 2.